The first-order chi connectivity index (χ1) is 12.2. The number of nitriles is 1. The van der Waals surface area contributed by atoms with E-state index in [9.17, 15) is 10.1 Å². The lowest BCUT2D eigenvalue weighted by atomic mass is 9.90. The first-order valence-electron chi connectivity index (χ1n) is 8.23. The Bertz CT molecular complexity index is 827. The molecule has 0 unspecified atom stereocenters. The lowest BCUT2D eigenvalue weighted by molar-refractivity contribution is -0.121. The van der Waals surface area contributed by atoms with Crippen LogP contribution in [0.25, 0.3) is 11.4 Å². The Morgan fingerprint density at radius 1 is 1.31 bits per heavy atom. The molecule has 138 valence electrons. The van der Waals surface area contributed by atoms with Gasteiger partial charge in [0.15, 0.2) is 11.0 Å². The molecule has 2 rings (SSSR count). The molecule has 6 nitrogen and oxygen atoms in total. The summed E-state index contributed by atoms with van der Waals surface area (Å²) in [5.41, 5.74) is -0.00880. The Kier molecular flexibility index (Phi) is 6.32. The fourth-order valence-electron chi connectivity index (χ4n) is 2.14. The molecule has 0 radical (unpaired) electrons. The number of carbonyl (C=O) groups excluding carboxylic acids is 1. The van der Waals surface area contributed by atoms with Crippen molar-refractivity contribution >= 4 is 29.3 Å². The van der Waals surface area contributed by atoms with E-state index in [2.05, 4.69) is 21.6 Å². The number of carbonyl (C=O) groups is 1. The van der Waals surface area contributed by atoms with Gasteiger partial charge in [-0.25, -0.2) is 0 Å². The minimum absolute atomic E-state index is 0.0000135. The van der Waals surface area contributed by atoms with Crippen LogP contribution in [0, 0.1) is 17.2 Å². The third-order valence-electron chi connectivity index (χ3n) is 4.36. The van der Waals surface area contributed by atoms with Crippen LogP contribution in [0.3, 0.4) is 0 Å². The molecular weight excluding hydrogens is 370 g/mol. The van der Waals surface area contributed by atoms with Gasteiger partial charge in [0, 0.05) is 17.6 Å². The van der Waals surface area contributed by atoms with E-state index in [0.717, 1.165) is 5.56 Å². The van der Waals surface area contributed by atoms with Crippen LogP contribution in [0.5, 0.6) is 0 Å². The summed E-state index contributed by atoms with van der Waals surface area (Å²) in [5.74, 6) is 0.490. The van der Waals surface area contributed by atoms with Crippen LogP contribution in [0.4, 0.5) is 0 Å². The maximum Gasteiger partial charge on any atom is 0.234 e. The number of nitrogens with zero attached hydrogens (tertiary/aromatic N) is 4. The van der Waals surface area contributed by atoms with Gasteiger partial charge in [-0.1, -0.05) is 37.2 Å². The summed E-state index contributed by atoms with van der Waals surface area (Å²) in [4.78, 5) is 12.5. The average Bonchev–Trinajstić information content (AvgIpc) is 2.96. The normalized spacial score (nSPS) is 14.5. The molecule has 0 aliphatic heterocycles. The molecule has 1 aromatic carbocycles. The van der Waals surface area contributed by atoms with Crippen molar-refractivity contribution < 1.29 is 4.79 Å². The highest BCUT2D eigenvalue weighted by Crippen LogP contribution is 2.27. The van der Waals surface area contributed by atoms with Crippen molar-refractivity contribution in [1.29, 1.82) is 5.26 Å². The molecule has 0 bridgehead atoms. The number of rotatable bonds is 6. The second-order valence-electron chi connectivity index (χ2n) is 6.59. The highest BCUT2D eigenvalue weighted by molar-refractivity contribution is 8.00. The summed E-state index contributed by atoms with van der Waals surface area (Å²) < 4.78 is 1.84. The monoisotopic (exact) mass is 391 g/mol. The molecule has 26 heavy (non-hydrogen) atoms. The summed E-state index contributed by atoms with van der Waals surface area (Å²) in [5, 5.41) is 21.5. The summed E-state index contributed by atoms with van der Waals surface area (Å²) in [7, 11) is 1.85. The molecule has 0 aliphatic rings. The van der Waals surface area contributed by atoms with Crippen LogP contribution in [0.2, 0.25) is 5.02 Å². The van der Waals surface area contributed by atoms with Gasteiger partial charge in [-0.2, -0.15) is 5.26 Å². The minimum atomic E-state index is -0.903. The molecule has 1 N–H and O–H groups in total. The number of amides is 1. The van der Waals surface area contributed by atoms with E-state index in [1.54, 1.807) is 26.0 Å². The van der Waals surface area contributed by atoms with Crippen LogP contribution in [0.15, 0.2) is 29.4 Å². The number of thioether (sulfide) groups is 1. The Morgan fingerprint density at radius 3 is 2.46 bits per heavy atom. The van der Waals surface area contributed by atoms with Crippen LogP contribution in [-0.4, -0.2) is 31.5 Å². The molecule has 8 heteroatoms. The maximum absolute atomic E-state index is 12.5. The van der Waals surface area contributed by atoms with E-state index < -0.39 is 10.8 Å². The molecule has 2 atom stereocenters. The summed E-state index contributed by atoms with van der Waals surface area (Å²) in [6.07, 6.45) is 0. The molecular formula is C18H22ClN5OS. The third-order valence-corrected chi connectivity index (χ3v) is 5.74. The SMILES string of the molecule is CC(C)[C@](C)(C#N)NC(=O)[C@H](C)Sc1nnc(-c2ccc(Cl)cc2)n1C. The van der Waals surface area contributed by atoms with Crippen molar-refractivity contribution in [2.45, 2.75) is 43.6 Å². The van der Waals surface area contributed by atoms with Gasteiger partial charge in [0.2, 0.25) is 5.91 Å². The standard InChI is InChI=1S/C18H22ClN5OS/c1-11(2)18(4,10-20)21-16(25)12(3)26-17-23-22-15(24(17)5)13-6-8-14(19)9-7-13/h6-9,11-12H,1-5H3,(H,21,25)/t12-,18-/m0/s1. The van der Waals surface area contributed by atoms with Gasteiger partial charge in [0.1, 0.15) is 5.54 Å². The molecule has 1 heterocycles. The largest absolute Gasteiger partial charge is 0.337 e. The summed E-state index contributed by atoms with van der Waals surface area (Å²) in [6, 6.07) is 9.52. The van der Waals surface area contributed by atoms with E-state index in [1.807, 2.05) is 37.6 Å². The molecule has 0 saturated heterocycles. The molecule has 0 fully saturated rings. The van der Waals surface area contributed by atoms with E-state index in [4.69, 9.17) is 11.6 Å². The van der Waals surface area contributed by atoms with Gasteiger partial charge < -0.3 is 9.88 Å². The van der Waals surface area contributed by atoms with Crippen LogP contribution in [0.1, 0.15) is 27.7 Å². The van der Waals surface area contributed by atoms with E-state index >= 15 is 0 Å². The maximum atomic E-state index is 12.5. The fourth-order valence-corrected chi connectivity index (χ4v) is 3.08. The smallest absolute Gasteiger partial charge is 0.234 e. The van der Waals surface area contributed by atoms with E-state index in [-0.39, 0.29) is 11.8 Å². The summed E-state index contributed by atoms with van der Waals surface area (Å²) in [6.45, 7) is 7.33. The topological polar surface area (TPSA) is 83.6 Å². The zero-order valence-electron chi connectivity index (χ0n) is 15.4. The highest BCUT2D eigenvalue weighted by atomic mass is 35.5. The Hall–Kier alpha value is -2.04. The van der Waals surface area contributed by atoms with Crippen LogP contribution in [-0.2, 0) is 11.8 Å². The van der Waals surface area contributed by atoms with Gasteiger partial charge in [-0.05, 0) is 44.0 Å². The van der Waals surface area contributed by atoms with Gasteiger partial charge in [0.25, 0.3) is 0 Å². The van der Waals surface area contributed by atoms with Gasteiger partial charge in [0.05, 0.1) is 11.3 Å². The second-order valence-corrected chi connectivity index (χ2v) is 8.33. The zero-order valence-corrected chi connectivity index (χ0v) is 17.0. The molecule has 1 aromatic heterocycles. The predicted octanol–water partition coefficient (Wildman–Crippen LogP) is 3.67. The average molecular weight is 392 g/mol. The lowest BCUT2D eigenvalue weighted by Gasteiger charge is -2.28. The van der Waals surface area contributed by atoms with Crippen molar-refractivity contribution in [2.75, 3.05) is 0 Å². The molecule has 2 aromatic rings. The van der Waals surface area contributed by atoms with Gasteiger partial charge in [-0.15, -0.1) is 10.2 Å². The number of hydrogen-bond acceptors (Lipinski definition) is 5. The van der Waals surface area contributed by atoms with E-state index in [0.29, 0.717) is 16.0 Å². The van der Waals surface area contributed by atoms with E-state index in [1.165, 1.54) is 11.8 Å². The highest BCUT2D eigenvalue weighted by Gasteiger charge is 2.32. The second kappa shape index (κ2) is 8.11. The zero-order chi connectivity index (χ0) is 19.5. The predicted molar refractivity (Wildman–Crippen MR) is 104 cm³/mol. The minimum Gasteiger partial charge on any atom is -0.337 e. The number of aromatic nitrogens is 3. The fraction of sp³-hybridized carbons (Fsp3) is 0.444. The number of hydrogen-bond donors (Lipinski definition) is 1. The van der Waals surface area contributed by atoms with Crippen molar-refractivity contribution in [3.05, 3.63) is 29.3 Å². The van der Waals surface area contributed by atoms with Gasteiger partial charge >= 0.3 is 0 Å². The Morgan fingerprint density at radius 2 is 1.92 bits per heavy atom. The lowest BCUT2D eigenvalue weighted by Crippen LogP contribution is -2.51. The van der Waals surface area contributed by atoms with Crippen molar-refractivity contribution in [1.82, 2.24) is 20.1 Å². The first-order valence-corrected chi connectivity index (χ1v) is 9.49. The van der Waals surface area contributed by atoms with Gasteiger partial charge in [-0.3, -0.25) is 4.79 Å². The molecule has 0 spiro atoms. The van der Waals surface area contributed by atoms with Crippen LogP contribution < -0.4 is 5.32 Å². The van der Waals surface area contributed by atoms with Crippen molar-refractivity contribution in [3.8, 4) is 17.5 Å². The van der Waals surface area contributed by atoms with Crippen molar-refractivity contribution in [3.63, 3.8) is 0 Å². The van der Waals surface area contributed by atoms with Crippen LogP contribution >= 0.6 is 23.4 Å². The number of halogens is 1. The third kappa shape index (κ3) is 4.37. The quantitative estimate of drug-likeness (QED) is 0.759. The Balaban J connectivity index is 2.13. The number of benzene rings is 1. The number of nitrogens with one attached hydrogen (secondary N) is 1. The van der Waals surface area contributed by atoms with Crippen molar-refractivity contribution in [2.24, 2.45) is 13.0 Å². The molecule has 0 saturated carbocycles. The molecule has 0 aliphatic carbocycles. The molecule has 1 amide bonds. The Labute approximate surface area is 162 Å². The first kappa shape index (κ1) is 20.3. The summed E-state index contributed by atoms with van der Waals surface area (Å²) >= 11 is 7.22.